The first-order valence-electron chi connectivity index (χ1n) is 6.98. The number of nitrogens with one attached hydrogen (secondary N) is 1. The first-order valence-corrected chi connectivity index (χ1v) is 7.77. The van der Waals surface area contributed by atoms with Crippen molar-refractivity contribution in [2.24, 2.45) is 5.10 Å². The SMILES string of the molecule is Cc1cc(C)c(OCC(=O)N/N=C\C=C\c2ccco2)c(Br)c1. The van der Waals surface area contributed by atoms with Gasteiger partial charge in [-0.2, -0.15) is 5.10 Å². The molecule has 6 heteroatoms. The lowest BCUT2D eigenvalue weighted by Crippen LogP contribution is -2.24. The van der Waals surface area contributed by atoms with Gasteiger partial charge in [0.1, 0.15) is 11.5 Å². The molecule has 0 spiro atoms. The van der Waals surface area contributed by atoms with Gasteiger partial charge in [-0.25, -0.2) is 5.43 Å². The molecule has 1 aromatic carbocycles. The van der Waals surface area contributed by atoms with Gasteiger partial charge in [0.15, 0.2) is 6.61 Å². The first-order chi connectivity index (χ1) is 11.1. The van der Waals surface area contributed by atoms with Crippen molar-refractivity contribution in [1.82, 2.24) is 5.43 Å². The lowest BCUT2D eigenvalue weighted by atomic mass is 10.1. The van der Waals surface area contributed by atoms with E-state index >= 15 is 0 Å². The summed E-state index contributed by atoms with van der Waals surface area (Å²) in [5, 5.41) is 3.80. The molecular weight excluding hydrogens is 360 g/mol. The van der Waals surface area contributed by atoms with E-state index in [1.54, 1.807) is 24.5 Å². The summed E-state index contributed by atoms with van der Waals surface area (Å²) >= 11 is 3.44. The maximum absolute atomic E-state index is 11.7. The van der Waals surface area contributed by atoms with Gasteiger partial charge in [-0.15, -0.1) is 0 Å². The predicted molar refractivity (Wildman–Crippen MR) is 93.5 cm³/mol. The molecule has 2 aromatic rings. The maximum atomic E-state index is 11.7. The molecular formula is C17H17BrN2O3. The smallest absolute Gasteiger partial charge is 0.277 e. The van der Waals surface area contributed by atoms with Gasteiger partial charge in [0.2, 0.25) is 0 Å². The monoisotopic (exact) mass is 376 g/mol. The van der Waals surface area contributed by atoms with Crippen molar-refractivity contribution in [3.05, 3.63) is 58.0 Å². The van der Waals surface area contributed by atoms with Gasteiger partial charge in [0, 0.05) is 6.21 Å². The Morgan fingerprint density at radius 2 is 2.26 bits per heavy atom. The molecule has 2 rings (SSSR count). The van der Waals surface area contributed by atoms with Crippen LogP contribution in [0.1, 0.15) is 16.9 Å². The molecule has 23 heavy (non-hydrogen) atoms. The van der Waals surface area contributed by atoms with Crippen molar-refractivity contribution in [1.29, 1.82) is 0 Å². The normalized spacial score (nSPS) is 11.3. The quantitative estimate of drug-likeness (QED) is 0.614. The Labute approximate surface area is 143 Å². The van der Waals surface area contributed by atoms with E-state index < -0.39 is 0 Å². The summed E-state index contributed by atoms with van der Waals surface area (Å²) in [6, 6.07) is 7.55. The number of carbonyl (C=O) groups is 1. The fourth-order valence-corrected chi connectivity index (χ4v) is 2.72. The second-order valence-electron chi connectivity index (χ2n) is 4.87. The Bertz CT molecular complexity index is 698. The number of ether oxygens (including phenoxy) is 1. The largest absolute Gasteiger partial charge is 0.482 e. The second-order valence-corrected chi connectivity index (χ2v) is 5.72. The van der Waals surface area contributed by atoms with Crippen LogP contribution in [0.3, 0.4) is 0 Å². The Balaban J connectivity index is 1.79. The molecule has 0 aliphatic rings. The highest BCUT2D eigenvalue weighted by Crippen LogP contribution is 2.29. The molecule has 0 saturated heterocycles. The van der Waals surface area contributed by atoms with Crippen molar-refractivity contribution in [2.45, 2.75) is 13.8 Å². The highest BCUT2D eigenvalue weighted by Gasteiger charge is 2.08. The Morgan fingerprint density at radius 1 is 1.43 bits per heavy atom. The standard InChI is InChI=1S/C17H17BrN2O3/c1-12-9-13(2)17(15(18)10-12)23-11-16(21)20-19-7-3-5-14-6-4-8-22-14/h3-10H,11H2,1-2H3,(H,20,21)/b5-3+,19-7-. The zero-order chi connectivity index (χ0) is 16.7. The van der Waals surface area contributed by atoms with Crippen LogP contribution in [0.25, 0.3) is 6.08 Å². The van der Waals surface area contributed by atoms with E-state index in [0.29, 0.717) is 11.5 Å². The summed E-state index contributed by atoms with van der Waals surface area (Å²) in [6.07, 6.45) is 6.45. The Morgan fingerprint density at radius 3 is 2.96 bits per heavy atom. The van der Waals surface area contributed by atoms with Crippen molar-refractivity contribution in [2.75, 3.05) is 6.61 Å². The summed E-state index contributed by atoms with van der Waals surface area (Å²) < 4.78 is 11.5. The number of amides is 1. The third-order valence-electron chi connectivity index (χ3n) is 2.87. The van der Waals surface area contributed by atoms with Crippen molar-refractivity contribution in [3.63, 3.8) is 0 Å². The summed E-state index contributed by atoms with van der Waals surface area (Å²) in [7, 11) is 0. The van der Waals surface area contributed by atoms with Crippen molar-refractivity contribution >= 4 is 34.1 Å². The molecule has 0 radical (unpaired) electrons. The van der Waals surface area contributed by atoms with Crippen molar-refractivity contribution < 1.29 is 13.9 Å². The molecule has 5 nitrogen and oxygen atoms in total. The van der Waals surface area contributed by atoms with Gasteiger partial charge < -0.3 is 9.15 Å². The number of hydrogen-bond acceptors (Lipinski definition) is 4. The maximum Gasteiger partial charge on any atom is 0.277 e. The molecule has 0 unspecified atom stereocenters. The molecule has 0 bridgehead atoms. The minimum atomic E-state index is -0.334. The third kappa shape index (κ3) is 5.41. The van der Waals surface area contributed by atoms with Crippen molar-refractivity contribution in [3.8, 4) is 5.75 Å². The minimum absolute atomic E-state index is 0.109. The highest BCUT2D eigenvalue weighted by molar-refractivity contribution is 9.10. The number of allylic oxidation sites excluding steroid dienone is 1. The number of furan rings is 1. The zero-order valence-corrected chi connectivity index (χ0v) is 14.5. The van der Waals surface area contributed by atoms with Gasteiger partial charge in [-0.3, -0.25) is 4.79 Å². The number of rotatable bonds is 6. The summed E-state index contributed by atoms with van der Waals surface area (Å²) in [5.41, 5.74) is 4.48. The van der Waals surface area contributed by atoms with Crippen LogP contribution >= 0.6 is 15.9 Å². The average Bonchev–Trinajstić information content (AvgIpc) is 2.99. The van der Waals surface area contributed by atoms with Gasteiger partial charge in [-0.1, -0.05) is 6.07 Å². The summed E-state index contributed by atoms with van der Waals surface area (Å²) in [4.78, 5) is 11.7. The average molecular weight is 377 g/mol. The fourth-order valence-electron chi connectivity index (χ4n) is 1.93. The lowest BCUT2D eigenvalue weighted by molar-refractivity contribution is -0.123. The van der Waals surface area contributed by atoms with E-state index in [9.17, 15) is 4.79 Å². The van der Waals surface area contributed by atoms with Gasteiger partial charge in [-0.05, 0) is 71.3 Å². The van der Waals surface area contributed by atoms with Crippen LogP contribution in [-0.2, 0) is 4.79 Å². The first kappa shape index (κ1) is 17.0. The predicted octanol–water partition coefficient (Wildman–Crippen LogP) is 3.85. The number of carbonyl (C=O) groups excluding carboxylic acids is 1. The van der Waals surface area contributed by atoms with E-state index in [1.165, 1.54) is 6.21 Å². The molecule has 0 fully saturated rings. The number of nitrogens with zero attached hydrogens (tertiary/aromatic N) is 1. The Kier molecular flexibility index (Phi) is 6.17. The molecule has 0 atom stereocenters. The molecule has 1 amide bonds. The Hall–Kier alpha value is -2.34. The van der Waals surface area contributed by atoms with Crippen LogP contribution in [-0.4, -0.2) is 18.7 Å². The fraction of sp³-hybridized carbons (Fsp3) is 0.176. The molecule has 0 aliphatic heterocycles. The van der Waals surface area contributed by atoms with Crippen LogP contribution in [0.15, 0.2) is 50.6 Å². The van der Waals surface area contributed by atoms with Crippen LogP contribution in [0.5, 0.6) is 5.75 Å². The third-order valence-corrected chi connectivity index (χ3v) is 3.46. The topological polar surface area (TPSA) is 63.8 Å². The number of halogens is 1. The second kappa shape index (κ2) is 8.33. The molecule has 1 N–H and O–H groups in total. The van der Waals surface area contributed by atoms with Gasteiger partial charge in [0.05, 0.1) is 10.7 Å². The number of hydrogen-bond donors (Lipinski definition) is 1. The van der Waals surface area contributed by atoms with E-state index in [2.05, 4.69) is 26.5 Å². The van der Waals surface area contributed by atoms with Crippen LogP contribution in [0.2, 0.25) is 0 Å². The molecule has 0 aliphatic carbocycles. The summed E-state index contributed by atoms with van der Waals surface area (Å²) in [6.45, 7) is 3.82. The summed E-state index contributed by atoms with van der Waals surface area (Å²) in [5.74, 6) is 1.04. The van der Waals surface area contributed by atoms with Crippen LogP contribution in [0.4, 0.5) is 0 Å². The number of benzene rings is 1. The van der Waals surface area contributed by atoms with E-state index in [1.807, 2.05) is 32.0 Å². The lowest BCUT2D eigenvalue weighted by Gasteiger charge is -2.11. The zero-order valence-electron chi connectivity index (χ0n) is 12.9. The van der Waals surface area contributed by atoms with Gasteiger partial charge in [0.25, 0.3) is 5.91 Å². The number of aryl methyl sites for hydroxylation is 2. The van der Waals surface area contributed by atoms with E-state index in [4.69, 9.17) is 9.15 Å². The highest BCUT2D eigenvalue weighted by atomic mass is 79.9. The number of hydrazone groups is 1. The van der Waals surface area contributed by atoms with Crippen LogP contribution < -0.4 is 10.2 Å². The van der Waals surface area contributed by atoms with Gasteiger partial charge >= 0.3 is 0 Å². The molecule has 1 aromatic heterocycles. The van der Waals surface area contributed by atoms with E-state index in [-0.39, 0.29) is 12.5 Å². The molecule has 1 heterocycles. The molecule has 120 valence electrons. The minimum Gasteiger partial charge on any atom is -0.482 e. The molecule has 0 saturated carbocycles. The van der Waals surface area contributed by atoms with E-state index in [0.717, 1.165) is 15.6 Å². The van der Waals surface area contributed by atoms with Crippen LogP contribution in [0, 0.1) is 13.8 Å².